The minimum atomic E-state index is -2.94. The molecule has 0 aromatic rings. The third kappa shape index (κ3) is 3.02. The van der Waals surface area contributed by atoms with Gasteiger partial charge in [0.25, 0.3) is 5.91 Å². The molecule has 1 aliphatic heterocycles. The van der Waals surface area contributed by atoms with E-state index in [0.717, 1.165) is 4.90 Å². The van der Waals surface area contributed by atoms with Gasteiger partial charge in [-0.25, -0.2) is 0 Å². The Hall–Kier alpha value is -0.520. The summed E-state index contributed by atoms with van der Waals surface area (Å²) < 4.78 is 35.0. The summed E-state index contributed by atoms with van der Waals surface area (Å²) >= 11 is 0. The highest BCUT2D eigenvalue weighted by Crippen LogP contribution is 2.06. The molecule has 0 spiro atoms. The standard InChI is InChI=1S/C7H11F2NO2S/c8-6(9)7(11)10-2-1-4-13(12)5-3-10/h6H,1-5H2. The highest BCUT2D eigenvalue weighted by atomic mass is 32.2. The molecule has 1 fully saturated rings. The van der Waals surface area contributed by atoms with Crippen molar-refractivity contribution in [1.82, 2.24) is 4.90 Å². The first kappa shape index (κ1) is 10.6. The number of alkyl halides is 2. The first-order chi connectivity index (χ1) is 6.11. The Balaban J connectivity index is 2.51. The number of halogens is 2. The van der Waals surface area contributed by atoms with Gasteiger partial charge in [0.05, 0.1) is 0 Å². The van der Waals surface area contributed by atoms with Gasteiger partial charge in [-0.1, -0.05) is 0 Å². The molecule has 1 amide bonds. The number of hydrogen-bond acceptors (Lipinski definition) is 2. The van der Waals surface area contributed by atoms with Gasteiger partial charge in [-0.05, 0) is 6.42 Å². The molecule has 13 heavy (non-hydrogen) atoms. The second kappa shape index (κ2) is 4.64. The SMILES string of the molecule is O=C(C(F)F)N1CCCS(=O)CC1. The fraction of sp³-hybridized carbons (Fsp3) is 0.857. The minimum absolute atomic E-state index is 0.190. The molecule has 1 atom stereocenters. The van der Waals surface area contributed by atoms with E-state index < -0.39 is 23.1 Å². The van der Waals surface area contributed by atoms with Crippen LogP contribution < -0.4 is 0 Å². The molecule has 0 radical (unpaired) electrons. The fourth-order valence-electron chi connectivity index (χ4n) is 1.20. The fourth-order valence-corrected chi connectivity index (χ4v) is 2.28. The van der Waals surface area contributed by atoms with E-state index in [0.29, 0.717) is 24.5 Å². The van der Waals surface area contributed by atoms with E-state index in [2.05, 4.69) is 0 Å². The average molecular weight is 211 g/mol. The molecule has 1 heterocycles. The molecule has 0 bridgehead atoms. The summed E-state index contributed by atoms with van der Waals surface area (Å²) in [4.78, 5) is 11.9. The second-order valence-electron chi connectivity index (χ2n) is 2.83. The Labute approximate surface area is 77.5 Å². The summed E-state index contributed by atoms with van der Waals surface area (Å²) in [7, 11) is -0.947. The first-order valence-corrected chi connectivity index (χ1v) is 5.52. The van der Waals surface area contributed by atoms with Crippen molar-refractivity contribution in [2.24, 2.45) is 0 Å². The molecule has 1 unspecified atom stereocenters. The second-order valence-corrected chi connectivity index (χ2v) is 4.52. The lowest BCUT2D eigenvalue weighted by molar-refractivity contribution is -0.142. The van der Waals surface area contributed by atoms with Crippen molar-refractivity contribution in [3.63, 3.8) is 0 Å². The van der Waals surface area contributed by atoms with Gasteiger partial charge in [0.2, 0.25) is 0 Å². The van der Waals surface area contributed by atoms with E-state index in [9.17, 15) is 17.8 Å². The number of hydrogen-bond donors (Lipinski definition) is 0. The Morgan fingerprint density at radius 3 is 2.62 bits per heavy atom. The summed E-state index contributed by atoms with van der Waals surface area (Å²) in [6.07, 6.45) is -2.39. The van der Waals surface area contributed by atoms with Crippen LogP contribution in [0, 0.1) is 0 Å². The normalized spacial score (nSPS) is 24.5. The molecular formula is C7H11F2NO2S. The molecule has 1 aliphatic rings. The third-order valence-corrected chi connectivity index (χ3v) is 3.27. The summed E-state index contributed by atoms with van der Waals surface area (Å²) in [5, 5.41) is 0. The highest BCUT2D eigenvalue weighted by Gasteiger charge is 2.24. The monoisotopic (exact) mass is 211 g/mol. The predicted molar refractivity (Wildman–Crippen MR) is 45.1 cm³/mol. The third-order valence-electron chi connectivity index (χ3n) is 1.89. The molecule has 3 nitrogen and oxygen atoms in total. The number of rotatable bonds is 1. The van der Waals surface area contributed by atoms with Gasteiger partial charge in [-0.15, -0.1) is 0 Å². The Morgan fingerprint density at radius 1 is 1.31 bits per heavy atom. The molecule has 0 aromatic carbocycles. The topological polar surface area (TPSA) is 37.4 Å². The van der Waals surface area contributed by atoms with Gasteiger partial charge >= 0.3 is 6.43 Å². The van der Waals surface area contributed by atoms with Crippen molar-refractivity contribution in [3.05, 3.63) is 0 Å². The number of nitrogens with zero attached hydrogens (tertiary/aromatic N) is 1. The molecule has 6 heteroatoms. The molecular weight excluding hydrogens is 200 g/mol. The molecule has 0 saturated carbocycles. The lowest BCUT2D eigenvalue weighted by atomic mass is 10.4. The van der Waals surface area contributed by atoms with Gasteiger partial charge in [-0.3, -0.25) is 9.00 Å². The van der Waals surface area contributed by atoms with E-state index in [4.69, 9.17) is 0 Å². The van der Waals surface area contributed by atoms with Crippen LogP contribution in [-0.4, -0.2) is 46.0 Å². The summed E-state index contributed by atoms with van der Waals surface area (Å²) in [5.41, 5.74) is 0. The largest absolute Gasteiger partial charge is 0.337 e. The lowest BCUT2D eigenvalue weighted by Gasteiger charge is -2.18. The van der Waals surface area contributed by atoms with Crippen LogP contribution in [0.15, 0.2) is 0 Å². The van der Waals surface area contributed by atoms with Crippen LogP contribution in [0.25, 0.3) is 0 Å². The van der Waals surface area contributed by atoms with Crippen molar-refractivity contribution < 1.29 is 17.8 Å². The van der Waals surface area contributed by atoms with Gasteiger partial charge in [0.1, 0.15) is 0 Å². The van der Waals surface area contributed by atoms with E-state index in [1.54, 1.807) is 0 Å². The summed E-state index contributed by atoms with van der Waals surface area (Å²) in [5.74, 6) is -0.315. The summed E-state index contributed by atoms with van der Waals surface area (Å²) in [6, 6.07) is 0. The van der Waals surface area contributed by atoms with E-state index in [1.165, 1.54) is 0 Å². The van der Waals surface area contributed by atoms with Gasteiger partial charge < -0.3 is 4.90 Å². The molecule has 0 N–H and O–H groups in total. The Bertz CT molecular complexity index is 223. The van der Waals surface area contributed by atoms with E-state index in [-0.39, 0.29) is 6.54 Å². The lowest BCUT2D eigenvalue weighted by Crippen LogP contribution is -2.37. The van der Waals surface area contributed by atoms with E-state index >= 15 is 0 Å². The first-order valence-electron chi connectivity index (χ1n) is 4.03. The molecule has 1 saturated heterocycles. The van der Waals surface area contributed by atoms with Crippen molar-refractivity contribution in [3.8, 4) is 0 Å². The van der Waals surface area contributed by atoms with Crippen LogP contribution in [0.3, 0.4) is 0 Å². The molecule has 76 valence electrons. The van der Waals surface area contributed by atoms with Crippen LogP contribution in [0.4, 0.5) is 8.78 Å². The van der Waals surface area contributed by atoms with Crippen LogP contribution in [0.5, 0.6) is 0 Å². The van der Waals surface area contributed by atoms with E-state index in [1.807, 2.05) is 0 Å². The van der Waals surface area contributed by atoms with Crippen LogP contribution >= 0.6 is 0 Å². The van der Waals surface area contributed by atoms with Crippen LogP contribution in [0.2, 0.25) is 0 Å². The summed E-state index contributed by atoms with van der Waals surface area (Å²) in [6.45, 7) is 0.491. The van der Waals surface area contributed by atoms with Gasteiger partial charge in [0.15, 0.2) is 0 Å². The zero-order valence-corrected chi connectivity index (χ0v) is 7.86. The van der Waals surface area contributed by atoms with Gasteiger partial charge in [0, 0.05) is 35.4 Å². The Kier molecular flexibility index (Phi) is 3.77. The number of carbonyl (C=O) groups is 1. The minimum Gasteiger partial charge on any atom is -0.337 e. The number of carbonyl (C=O) groups excluding carboxylic acids is 1. The zero-order valence-electron chi connectivity index (χ0n) is 7.04. The van der Waals surface area contributed by atoms with Crippen molar-refractivity contribution in [2.45, 2.75) is 12.8 Å². The van der Waals surface area contributed by atoms with Gasteiger partial charge in [-0.2, -0.15) is 8.78 Å². The smallest absolute Gasteiger partial charge is 0.315 e. The maximum Gasteiger partial charge on any atom is 0.315 e. The highest BCUT2D eigenvalue weighted by molar-refractivity contribution is 7.85. The molecule has 0 aromatic heterocycles. The molecule has 1 rings (SSSR count). The van der Waals surface area contributed by atoms with Crippen LogP contribution in [0.1, 0.15) is 6.42 Å². The number of amides is 1. The zero-order chi connectivity index (χ0) is 9.84. The maximum absolute atomic E-state index is 12.0. The maximum atomic E-state index is 12.0. The quantitative estimate of drug-likeness (QED) is 0.622. The average Bonchev–Trinajstić information content (AvgIpc) is 2.28. The Morgan fingerprint density at radius 2 is 2.00 bits per heavy atom. The molecule has 0 aliphatic carbocycles. The van der Waals surface area contributed by atoms with Crippen molar-refractivity contribution in [2.75, 3.05) is 24.6 Å². The van der Waals surface area contributed by atoms with Crippen molar-refractivity contribution >= 4 is 16.7 Å². The predicted octanol–water partition coefficient (Wildman–Crippen LogP) is 0.232. The van der Waals surface area contributed by atoms with Crippen LogP contribution in [-0.2, 0) is 15.6 Å². The van der Waals surface area contributed by atoms with Crippen molar-refractivity contribution in [1.29, 1.82) is 0 Å².